The number of hydrogen-bond acceptors (Lipinski definition) is 8. The van der Waals surface area contributed by atoms with Crippen molar-refractivity contribution in [1.29, 1.82) is 0 Å². The van der Waals surface area contributed by atoms with Crippen molar-refractivity contribution in [3.63, 3.8) is 0 Å². The minimum Gasteiger partial charge on any atom is -0.466 e. The van der Waals surface area contributed by atoms with Crippen LogP contribution in [0.5, 0.6) is 0 Å². The Labute approximate surface area is 220 Å². The van der Waals surface area contributed by atoms with Crippen molar-refractivity contribution in [2.45, 2.75) is 68.7 Å². The topological polar surface area (TPSA) is 127 Å². The summed E-state index contributed by atoms with van der Waals surface area (Å²) in [4.78, 5) is 42.6. The minimum atomic E-state index is -0.679. The summed E-state index contributed by atoms with van der Waals surface area (Å²) < 4.78 is 6.37. The predicted molar refractivity (Wildman–Crippen MR) is 138 cm³/mol. The van der Waals surface area contributed by atoms with E-state index in [-0.39, 0.29) is 48.8 Å². The van der Waals surface area contributed by atoms with Crippen molar-refractivity contribution < 1.29 is 24.2 Å². The highest BCUT2D eigenvalue weighted by atomic mass is 32.2. The van der Waals surface area contributed by atoms with E-state index in [4.69, 9.17) is 9.84 Å². The van der Waals surface area contributed by atoms with Gasteiger partial charge in [-0.15, -0.1) is 16.9 Å². The van der Waals surface area contributed by atoms with Crippen LogP contribution in [0.15, 0.2) is 24.3 Å². The van der Waals surface area contributed by atoms with E-state index in [1.54, 1.807) is 28.3 Å². The first-order valence-electron chi connectivity index (χ1n) is 13.3. The van der Waals surface area contributed by atoms with Crippen LogP contribution < -0.4 is 5.32 Å². The molecule has 11 heteroatoms. The zero-order chi connectivity index (χ0) is 26.2. The van der Waals surface area contributed by atoms with Gasteiger partial charge in [0, 0.05) is 18.4 Å². The summed E-state index contributed by atoms with van der Waals surface area (Å²) in [5, 5.41) is 20.4. The van der Waals surface area contributed by atoms with Crippen molar-refractivity contribution in [3.05, 3.63) is 24.3 Å². The van der Waals surface area contributed by atoms with Gasteiger partial charge < -0.3 is 20.1 Å². The van der Waals surface area contributed by atoms with Crippen molar-refractivity contribution in [3.8, 4) is 0 Å². The molecule has 2 N–H and O–H groups in total. The number of benzene rings is 1. The summed E-state index contributed by atoms with van der Waals surface area (Å²) in [6, 6.07) is 6.86. The zero-order valence-electron chi connectivity index (χ0n) is 21.3. The molecule has 3 saturated heterocycles. The summed E-state index contributed by atoms with van der Waals surface area (Å²) >= 11 is 1.65. The highest BCUT2D eigenvalue weighted by Crippen LogP contribution is 2.68. The molecule has 1 aromatic carbocycles. The molecule has 37 heavy (non-hydrogen) atoms. The van der Waals surface area contributed by atoms with E-state index in [1.165, 1.54) is 0 Å². The van der Waals surface area contributed by atoms with Crippen LogP contribution in [0.25, 0.3) is 11.0 Å². The van der Waals surface area contributed by atoms with Crippen LogP contribution >= 0.6 is 11.8 Å². The number of aliphatic hydroxyl groups excluding tert-OH is 1. The lowest BCUT2D eigenvalue weighted by Crippen LogP contribution is -2.56. The maximum atomic E-state index is 13.9. The van der Waals surface area contributed by atoms with Crippen LogP contribution in [-0.4, -0.2) is 78.6 Å². The number of ether oxygens (including phenoxy) is 1. The number of fused-ring (bicyclic) bond motifs is 2. The van der Waals surface area contributed by atoms with Gasteiger partial charge in [-0.2, -0.15) is 0 Å². The molecule has 3 aliphatic heterocycles. The van der Waals surface area contributed by atoms with E-state index >= 15 is 0 Å². The lowest BCUT2D eigenvalue weighted by molar-refractivity contribution is -0.154. The Morgan fingerprint density at radius 3 is 2.81 bits per heavy atom. The summed E-state index contributed by atoms with van der Waals surface area (Å²) in [6.45, 7) is 4.87. The molecule has 2 aromatic rings. The Kier molecular flexibility index (Phi) is 7.44. The number of amides is 2. The van der Waals surface area contributed by atoms with E-state index < -0.39 is 22.6 Å². The average Bonchev–Trinajstić information content (AvgIpc) is 3.60. The number of hydrogen-bond donors (Lipinski definition) is 2. The lowest BCUT2D eigenvalue weighted by Gasteiger charge is -2.38. The number of carbonyl (C=O) groups excluding carboxylic acids is 3. The molecule has 1 aromatic heterocycles. The Morgan fingerprint density at radius 1 is 1.24 bits per heavy atom. The molecule has 200 valence electrons. The quantitative estimate of drug-likeness (QED) is 0.334. The van der Waals surface area contributed by atoms with Gasteiger partial charge >= 0.3 is 5.97 Å². The van der Waals surface area contributed by atoms with Crippen LogP contribution in [0.4, 0.5) is 0 Å². The second-order valence-corrected chi connectivity index (χ2v) is 11.8. The standard InChI is InChI=1S/C26H35N5O5S/c1-3-36-25(35)20-19-14-16(2)26(37-19)21(20)24(34)30(12-8-4-5-9-13-32)22(26)23(33)27-15-31-18-11-7-6-10-17(18)28-29-31/h6-7,10-11,16,19-22,32H,3-5,8-9,12-15H2,1-2H3,(H,27,33)/t16?,19-,20+,21+,22?,26?/m1/s1. The van der Waals surface area contributed by atoms with Crippen molar-refractivity contribution in [2.24, 2.45) is 17.8 Å². The summed E-state index contributed by atoms with van der Waals surface area (Å²) in [7, 11) is 0. The lowest BCUT2D eigenvalue weighted by atomic mass is 9.66. The van der Waals surface area contributed by atoms with E-state index in [1.807, 2.05) is 24.3 Å². The number of thioether (sulfide) groups is 1. The number of aliphatic hydroxyl groups is 1. The molecule has 3 fully saturated rings. The number of aromatic nitrogens is 3. The first-order valence-corrected chi connectivity index (χ1v) is 14.1. The largest absolute Gasteiger partial charge is 0.466 e. The van der Waals surface area contributed by atoms with Gasteiger partial charge in [0.05, 0.1) is 28.7 Å². The molecule has 2 bridgehead atoms. The molecule has 4 heterocycles. The number of rotatable bonds is 11. The van der Waals surface area contributed by atoms with Gasteiger partial charge in [-0.25, -0.2) is 4.68 Å². The highest BCUT2D eigenvalue weighted by molar-refractivity contribution is 8.02. The molecule has 0 saturated carbocycles. The van der Waals surface area contributed by atoms with Gasteiger partial charge in [0.25, 0.3) is 0 Å². The Morgan fingerprint density at radius 2 is 2.03 bits per heavy atom. The van der Waals surface area contributed by atoms with Crippen LogP contribution in [0, 0.1) is 17.8 Å². The summed E-state index contributed by atoms with van der Waals surface area (Å²) in [5.41, 5.74) is 1.56. The number of nitrogens with zero attached hydrogens (tertiary/aromatic N) is 4. The van der Waals surface area contributed by atoms with E-state index in [2.05, 4.69) is 22.6 Å². The molecule has 5 rings (SSSR count). The van der Waals surface area contributed by atoms with E-state index in [9.17, 15) is 14.4 Å². The van der Waals surface area contributed by atoms with Crippen LogP contribution in [-0.2, 0) is 25.8 Å². The second-order valence-electron chi connectivity index (χ2n) is 10.3. The third-order valence-electron chi connectivity index (χ3n) is 8.18. The van der Waals surface area contributed by atoms with Crippen LogP contribution in [0.1, 0.15) is 46.0 Å². The Hall–Kier alpha value is -2.66. The van der Waals surface area contributed by atoms with Crippen molar-refractivity contribution >= 4 is 40.6 Å². The third-order valence-corrected chi connectivity index (χ3v) is 10.3. The smallest absolute Gasteiger partial charge is 0.310 e. The van der Waals surface area contributed by atoms with Crippen molar-refractivity contribution in [1.82, 2.24) is 25.2 Å². The number of carbonyl (C=O) groups is 3. The average molecular weight is 530 g/mol. The Bertz CT molecular complexity index is 1170. The van der Waals surface area contributed by atoms with Crippen molar-refractivity contribution in [2.75, 3.05) is 19.8 Å². The molecule has 0 radical (unpaired) electrons. The van der Waals surface area contributed by atoms with Gasteiger partial charge in [-0.3, -0.25) is 14.4 Å². The second kappa shape index (κ2) is 10.6. The van der Waals surface area contributed by atoms with E-state index in [0.717, 1.165) is 43.1 Å². The van der Waals surface area contributed by atoms with E-state index in [0.29, 0.717) is 6.54 Å². The fourth-order valence-corrected chi connectivity index (χ4v) is 9.01. The monoisotopic (exact) mass is 529 g/mol. The first-order chi connectivity index (χ1) is 17.9. The number of para-hydroxylation sites is 1. The molecule has 2 amide bonds. The molecule has 6 atom stereocenters. The number of unbranched alkanes of at least 4 members (excludes halogenated alkanes) is 3. The maximum Gasteiger partial charge on any atom is 0.310 e. The maximum absolute atomic E-state index is 13.9. The molecule has 3 unspecified atom stereocenters. The summed E-state index contributed by atoms with van der Waals surface area (Å²) in [5.74, 6) is -1.66. The summed E-state index contributed by atoms with van der Waals surface area (Å²) in [6.07, 6.45) is 3.95. The number of esters is 1. The number of nitrogens with one attached hydrogen (secondary N) is 1. The third kappa shape index (κ3) is 4.29. The van der Waals surface area contributed by atoms with Gasteiger partial charge in [0.1, 0.15) is 18.2 Å². The first kappa shape index (κ1) is 26.0. The predicted octanol–water partition coefficient (Wildman–Crippen LogP) is 1.96. The van der Waals surface area contributed by atoms with Gasteiger partial charge in [-0.05, 0) is 44.2 Å². The number of likely N-dealkylation sites (tertiary alicyclic amines) is 1. The van der Waals surface area contributed by atoms with Gasteiger partial charge in [0.2, 0.25) is 11.8 Å². The molecule has 3 aliphatic rings. The van der Waals surface area contributed by atoms with Crippen LogP contribution in [0.2, 0.25) is 0 Å². The zero-order valence-corrected chi connectivity index (χ0v) is 22.2. The van der Waals surface area contributed by atoms with Crippen LogP contribution in [0.3, 0.4) is 0 Å². The molecule has 1 spiro atoms. The molecule has 0 aliphatic carbocycles. The van der Waals surface area contributed by atoms with Gasteiger partial charge in [0.15, 0.2) is 0 Å². The molecular formula is C26H35N5O5S. The fraction of sp³-hybridized carbons (Fsp3) is 0.654. The SMILES string of the molecule is CCOC(=O)[C@@H]1[C@H]2C(=O)N(CCCCCCO)C(C(=O)NCn3nnc4ccccc43)C23S[C@@H]1CC3C. The highest BCUT2D eigenvalue weighted by Gasteiger charge is 2.76. The minimum absolute atomic E-state index is 0.0238. The molecular weight excluding hydrogens is 494 g/mol. The molecule has 10 nitrogen and oxygen atoms in total. The van der Waals surface area contributed by atoms with Gasteiger partial charge in [-0.1, -0.05) is 37.1 Å². The Balaban J connectivity index is 1.41. The normalized spacial score (nSPS) is 30.2. The fourth-order valence-electron chi connectivity index (χ4n) is 6.60.